The van der Waals surface area contributed by atoms with Crippen LogP contribution in [0.2, 0.25) is 0 Å². The zero-order valence-electron chi connectivity index (χ0n) is 11.6. The highest BCUT2D eigenvalue weighted by molar-refractivity contribution is 7.89. The summed E-state index contributed by atoms with van der Waals surface area (Å²) in [6.45, 7) is 3.84. The smallest absolute Gasteiger partial charge is 0.335 e. The Morgan fingerprint density at radius 3 is 2.50 bits per heavy atom. The lowest BCUT2D eigenvalue weighted by molar-refractivity contribution is 0.0696. The molecule has 0 spiro atoms. The van der Waals surface area contributed by atoms with Crippen molar-refractivity contribution < 1.29 is 18.3 Å². The van der Waals surface area contributed by atoms with E-state index in [4.69, 9.17) is 5.11 Å². The van der Waals surface area contributed by atoms with Crippen LogP contribution in [0.25, 0.3) is 0 Å². The molecule has 0 aromatic heterocycles. The molecule has 1 aliphatic carbocycles. The summed E-state index contributed by atoms with van der Waals surface area (Å²) in [5, 5.41) is 9.04. The maximum atomic E-state index is 12.3. The van der Waals surface area contributed by atoms with Crippen molar-refractivity contribution in [3.63, 3.8) is 0 Å². The number of carboxylic acids is 1. The summed E-state index contributed by atoms with van der Waals surface area (Å²) in [5.41, 5.74) is 1.25. The molecule has 1 aliphatic rings. The third-order valence-corrected chi connectivity index (χ3v) is 5.49. The van der Waals surface area contributed by atoms with Crippen LogP contribution in [0, 0.1) is 19.8 Å². The van der Waals surface area contributed by atoms with E-state index >= 15 is 0 Å². The molecule has 6 heteroatoms. The number of nitrogens with one attached hydrogen (secondary N) is 1. The normalized spacial score (nSPS) is 15.9. The second-order valence-corrected chi connectivity index (χ2v) is 7.11. The number of sulfonamides is 1. The van der Waals surface area contributed by atoms with Crippen LogP contribution in [0.4, 0.5) is 0 Å². The van der Waals surface area contributed by atoms with Crippen LogP contribution < -0.4 is 4.72 Å². The van der Waals surface area contributed by atoms with Crippen molar-refractivity contribution in [3.05, 3.63) is 28.8 Å². The summed E-state index contributed by atoms with van der Waals surface area (Å²) in [6, 6.07) is 2.72. The Hall–Kier alpha value is -1.40. The number of aryl methyl sites for hydroxylation is 1. The van der Waals surface area contributed by atoms with Crippen LogP contribution in [-0.2, 0) is 10.0 Å². The fourth-order valence-electron chi connectivity index (χ4n) is 2.23. The molecular weight excluding hydrogens is 278 g/mol. The predicted molar refractivity (Wildman–Crippen MR) is 75.4 cm³/mol. The summed E-state index contributed by atoms with van der Waals surface area (Å²) < 4.78 is 27.2. The third-order valence-electron chi connectivity index (χ3n) is 3.94. The van der Waals surface area contributed by atoms with Gasteiger partial charge in [0.05, 0.1) is 10.5 Å². The summed E-state index contributed by atoms with van der Waals surface area (Å²) in [7, 11) is -3.65. The predicted octanol–water partition coefficient (Wildman–Crippen LogP) is 2.08. The molecule has 0 heterocycles. The summed E-state index contributed by atoms with van der Waals surface area (Å²) in [6.07, 6.45) is 3.25. The average Bonchev–Trinajstić information content (AvgIpc) is 2.29. The Balaban J connectivity index is 2.31. The number of carbonyl (C=O) groups is 1. The SMILES string of the molecule is Cc1cc(C(=O)O)cc(S(=O)(=O)NCC2CCC2)c1C. The minimum atomic E-state index is -3.65. The number of aromatic carboxylic acids is 1. The number of hydrogen-bond acceptors (Lipinski definition) is 3. The first-order valence-corrected chi connectivity index (χ1v) is 8.14. The van der Waals surface area contributed by atoms with Gasteiger partial charge in [-0.05, 0) is 55.9 Å². The Kier molecular flexibility index (Phi) is 4.15. The van der Waals surface area contributed by atoms with E-state index < -0.39 is 16.0 Å². The van der Waals surface area contributed by atoms with Gasteiger partial charge in [-0.25, -0.2) is 17.9 Å². The van der Waals surface area contributed by atoms with Gasteiger partial charge < -0.3 is 5.11 Å². The molecule has 20 heavy (non-hydrogen) atoms. The largest absolute Gasteiger partial charge is 0.478 e. The molecule has 0 radical (unpaired) electrons. The molecule has 5 nitrogen and oxygen atoms in total. The lowest BCUT2D eigenvalue weighted by Gasteiger charge is -2.25. The molecule has 0 saturated heterocycles. The minimum Gasteiger partial charge on any atom is -0.478 e. The Labute approximate surface area is 119 Å². The Bertz CT molecular complexity index is 633. The van der Waals surface area contributed by atoms with Gasteiger partial charge in [0.25, 0.3) is 0 Å². The van der Waals surface area contributed by atoms with E-state index in [1.165, 1.54) is 12.1 Å². The van der Waals surface area contributed by atoms with Crippen LogP contribution in [0.1, 0.15) is 40.7 Å². The molecule has 1 saturated carbocycles. The number of hydrogen-bond donors (Lipinski definition) is 2. The number of carboxylic acid groups (broad SMARTS) is 1. The van der Waals surface area contributed by atoms with E-state index in [0.29, 0.717) is 23.6 Å². The molecule has 0 atom stereocenters. The number of benzene rings is 1. The maximum absolute atomic E-state index is 12.3. The quantitative estimate of drug-likeness (QED) is 0.871. The van der Waals surface area contributed by atoms with Crippen molar-refractivity contribution in [2.75, 3.05) is 6.54 Å². The second kappa shape index (κ2) is 5.54. The van der Waals surface area contributed by atoms with Gasteiger partial charge in [-0.2, -0.15) is 0 Å². The van der Waals surface area contributed by atoms with Crippen LogP contribution in [-0.4, -0.2) is 26.0 Å². The molecule has 1 aromatic rings. The summed E-state index contributed by atoms with van der Waals surface area (Å²) in [4.78, 5) is 11.1. The number of rotatable bonds is 5. The van der Waals surface area contributed by atoms with Crippen molar-refractivity contribution in [1.29, 1.82) is 0 Å². The van der Waals surface area contributed by atoms with Crippen molar-refractivity contribution >= 4 is 16.0 Å². The lowest BCUT2D eigenvalue weighted by atomic mass is 9.86. The summed E-state index contributed by atoms with van der Waals surface area (Å²) in [5.74, 6) is -0.711. The summed E-state index contributed by atoms with van der Waals surface area (Å²) >= 11 is 0. The molecule has 0 bridgehead atoms. The van der Waals surface area contributed by atoms with Crippen molar-refractivity contribution in [3.8, 4) is 0 Å². The van der Waals surface area contributed by atoms with Gasteiger partial charge >= 0.3 is 5.97 Å². The van der Waals surface area contributed by atoms with Crippen molar-refractivity contribution in [2.24, 2.45) is 5.92 Å². The average molecular weight is 297 g/mol. The van der Waals surface area contributed by atoms with Crippen molar-refractivity contribution in [1.82, 2.24) is 4.72 Å². The first-order chi connectivity index (χ1) is 9.31. The third kappa shape index (κ3) is 3.02. The molecule has 1 aromatic carbocycles. The van der Waals surface area contributed by atoms with Crippen LogP contribution >= 0.6 is 0 Å². The van der Waals surface area contributed by atoms with E-state index in [1.807, 2.05) is 0 Å². The van der Waals surface area contributed by atoms with Crippen LogP contribution in [0.15, 0.2) is 17.0 Å². The Morgan fingerprint density at radius 1 is 1.35 bits per heavy atom. The topological polar surface area (TPSA) is 83.5 Å². The molecule has 0 unspecified atom stereocenters. The van der Waals surface area contributed by atoms with E-state index in [2.05, 4.69) is 4.72 Å². The lowest BCUT2D eigenvalue weighted by Crippen LogP contribution is -2.32. The van der Waals surface area contributed by atoms with Gasteiger partial charge in [-0.1, -0.05) is 6.42 Å². The zero-order valence-corrected chi connectivity index (χ0v) is 12.5. The van der Waals surface area contributed by atoms with Gasteiger partial charge in [0, 0.05) is 6.54 Å². The highest BCUT2D eigenvalue weighted by Crippen LogP contribution is 2.26. The zero-order chi connectivity index (χ0) is 14.9. The van der Waals surface area contributed by atoms with Crippen molar-refractivity contribution in [2.45, 2.75) is 38.0 Å². The Morgan fingerprint density at radius 2 is 2.00 bits per heavy atom. The van der Waals surface area contributed by atoms with Gasteiger partial charge in [0.2, 0.25) is 10.0 Å². The standard InChI is InChI=1S/C14H19NO4S/c1-9-6-12(14(16)17)7-13(10(9)2)20(18,19)15-8-11-4-3-5-11/h6-7,11,15H,3-5,8H2,1-2H3,(H,16,17). The fourth-order valence-corrected chi connectivity index (χ4v) is 3.69. The molecule has 110 valence electrons. The fraction of sp³-hybridized carbons (Fsp3) is 0.500. The van der Waals surface area contributed by atoms with Crippen LogP contribution in [0.3, 0.4) is 0 Å². The molecule has 2 rings (SSSR count). The van der Waals surface area contributed by atoms with Gasteiger partial charge in [-0.15, -0.1) is 0 Å². The van der Waals surface area contributed by atoms with Gasteiger partial charge in [-0.3, -0.25) is 0 Å². The first kappa shape index (κ1) is 15.0. The van der Waals surface area contributed by atoms with E-state index in [1.54, 1.807) is 13.8 Å². The highest BCUT2D eigenvalue weighted by Gasteiger charge is 2.24. The van der Waals surface area contributed by atoms with E-state index in [9.17, 15) is 13.2 Å². The van der Waals surface area contributed by atoms with E-state index in [0.717, 1.165) is 19.3 Å². The maximum Gasteiger partial charge on any atom is 0.335 e. The monoisotopic (exact) mass is 297 g/mol. The van der Waals surface area contributed by atoms with Gasteiger partial charge in [0.1, 0.15) is 0 Å². The first-order valence-electron chi connectivity index (χ1n) is 6.65. The van der Waals surface area contributed by atoms with Crippen LogP contribution in [0.5, 0.6) is 0 Å². The molecule has 1 fully saturated rings. The second-order valence-electron chi connectivity index (χ2n) is 5.37. The van der Waals surface area contributed by atoms with Gasteiger partial charge in [0.15, 0.2) is 0 Å². The molecule has 2 N–H and O–H groups in total. The molecule has 0 amide bonds. The van der Waals surface area contributed by atoms with E-state index in [-0.39, 0.29) is 10.5 Å². The minimum absolute atomic E-state index is 0.00267. The molecule has 0 aliphatic heterocycles. The highest BCUT2D eigenvalue weighted by atomic mass is 32.2. The molecular formula is C14H19NO4S.